The molecule has 0 saturated carbocycles. The molecule has 0 aliphatic carbocycles. The lowest BCUT2D eigenvalue weighted by Gasteiger charge is -2.13. The molecule has 0 N–H and O–H groups in total. The highest BCUT2D eigenvalue weighted by Gasteiger charge is 2.19. The van der Waals surface area contributed by atoms with Crippen molar-refractivity contribution in [2.75, 3.05) is 0 Å². The van der Waals surface area contributed by atoms with Crippen molar-refractivity contribution in [1.82, 2.24) is 0 Å². The third-order valence-corrected chi connectivity index (χ3v) is 4.33. The number of benzene rings is 2. The molecule has 2 rings (SSSR count). The van der Waals surface area contributed by atoms with Crippen molar-refractivity contribution in [2.24, 2.45) is 0 Å². The molecule has 0 amide bonds. The van der Waals surface area contributed by atoms with Gasteiger partial charge in [-0.25, -0.2) is 8.78 Å². The molecule has 0 aliphatic heterocycles. The first kappa shape index (κ1) is 15.7. The summed E-state index contributed by atoms with van der Waals surface area (Å²) >= 11 is 1.23. The number of carbonyl (C=O) groups excluding carboxylic acids is 1. The molecule has 2 aromatic rings. The van der Waals surface area contributed by atoms with Crippen molar-refractivity contribution < 1.29 is 13.6 Å². The highest BCUT2D eigenvalue weighted by Crippen LogP contribution is 2.28. The van der Waals surface area contributed by atoms with E-state index in [1.54, 1.807) is 6.92 Å². The highest BCUT2D eigenvalue weighted by atomic mass is 32.2. The van der Waals surface area contributed by atoms with Gasteiger partial charge in [-0.3, -0.25) is 4.79 Å². The predicted molar refractivity (Wildman–Crippen MR) is 81.9 cm³/mol. The maximum absolute atomic E-state index is 13.2. The third-order valence-electron chi connectivity index (χ3n) is 3.23. The van der Waals surface area contributed by atoms with E-state index in [1.165, 1.54) is 17.8 Å². The molecule has 0 aromatic heterocycles. The summed E-state index contributed by atoms with van der Waals surface area (Å²) in [5.74, 6) is -1.79. The van der Waals surface area contributed by atoms with Gasteiger partial charge in [-0.2, -0.15) is 0 Å². The van der Waals surface area contributed by atoms with Gasteiger partial charge in [0.05, 0.1) is 5.25 Å². The average Bonchev–Trinajstić information content (AvgIpc) is 2.44. The van der Waals surface area contributed by atoms with Crippen LogP contribution in [0.2, 0.25) is 0 Å². The molecular weight excluding hydrogens is 290 g/mol. The first-order chi connectivity index (χ1) is 9.88. The Balaban J connectivity index is 2.19. The molecule has 0 aliphatic rings. The Morgan fingerprint density at radius 2 is 1.76 bits per heavy atom. The Morgan fingerprint density at radius 3 is 2.43 bits per heavy atom. The summed E-state index contributed by atoms with van der Waals surface area (Å²) in [6.07, 6.45) is 0. The number of aryl methyl sites for hydroxylation is 2. The van der Waals surface area contributed by atoms with Crippen molar-refractivity contribution in [2.45, 2.75) is 30.9 Å². The molecular formula is C17H16F2OS. The van der Waals surface area contributed by atoms with Crippen LogP contribution in [0.15, 0.2) is 41.3 Å². The van der Waals surface area contributed by atoms with Gasteiger partial charge in [-0.05, 0) is 50.6 Å². The first-order valence-electron chi connectivity index (χ1n) is 6.61. The molecule has 1 unspecified atom stereocenters. The fourth-order valence-corrected chi connectivity index (χ4v) is 2.99. The number of rotatable bonds is 4. The van der Waals surface area contributed by atoms with Crippen LogP contribution in [-0.4, -0.2) is 11.0 Å². The predicted octanol–water partition coefficient (Wildman–Crippen LogP) is 4.95. The topological polar surface area (TPSA) is 17.1 Å². The summed E-state index contributed by atoms with van der Waals surface area (Å²) in [6, 6.07) is 9.41. The van der Waals surface area contributed by atoms with Crippen molar-refractivity contribution in [1.29, 1.82) is 0 Å². The molecule has 0 saturated heterocycles. The van der Waals surface area contributed by atoms with Gasteiger partial charge in [0, 0.05) is 10.5 Å². The van der Waals surface area contributed by atoms with Gasteiger partial charge in [-0.15, -0.1) is 11.8 Å². The summed E-state index contributed by atoms with van der Waals surface area (Å²) in [6.45, 7) is 5.60. The minimum Gasteiger partial charge on any atom is -0.293 e. The van der Waals surface area contributed by atoms with Crippen LogP contribution in [-0.2, 0) is 0 Å². The van der Waals surface area contributed by atoms with E-state index in [0.29, 0.717) is 10.5 Å². The quantitative estimate of drug-likeness (QED) is 0.587. The van der Waals surface area contributed by atoms with Crippen LogP contribution in [0.3, 0.4) is 0 Å². The lowest BCUT2D eigenvalue weighted by molar-refractivity contribution is 0.0993. The summed E-state index contributed by atoms with van der Waals surface area (Å²) < 4.78 is 26.1. The highest BCUT2D eigenvalue weighted by molar-refractivity contribution is 8.00. The summed E-state index contributed by atoms with van der Waals surface area (Å²) in [5, 5.41) is -0.365. The molecule has 1 atom stereocenters. The number of hydrogen-bond donors (Lipinski definition) is 0. The zero-order valence-electron chi connectivity index (χ0n) is 12.1. The van der Waals surface area contributed by atoms with E-state index in [-0.39, 0.29) is 11.0 Å². The zero-order valence-corrected chi connectivity index (χ0v) is 12.9. The lowest BCUT2D eigenvalue weighted by Crippen LogP contribution is -2.15. The van der Waals surface area contributed by atoms with Crippen molar-refractivity contribution in [3.63, 3.8) is 0 Å². The fraction of sp³-hybridized carbons (Fsp3) is 0.235. The number of ketones is 1. The molecule has 2 aromatic carbocycles. The number of Topliss-reactive ketones (excluding diaryl/α,β-unsaturated/α-hetero) is 1. The van der Waals surface area contributed by atoms with Crippen LogP contribution in [0.5, 0.6) is 0 Å². The standard InChI is InChI=1S/C17H16F2OS/c1-10-4-5-11(2)14(8-10)17(20)12(3)21-13-6-7-15(18)16(19)9-13/h4-9,12H,1-3H3. The first-order valence-corrected chi connectivity index (χ1v) is 7.49. The molecule has 4 heteroatoms. The molecule has 0 spiro atoms. The average molecular weight is 306 g/mol. The number of thioether (sulfide) groups is 1. The Bertz CT molecular complexity index is 682. The van der Waals surface area contributed by atoms with Gasteiger partial charge in [0.25, 0.3) is 0 Å². The van der Waals surface area contributed by atoms with Gasteiger partial charge >= 0.3 is 0 Å². The van der Waals surface area contributed by atoms with Crippen LogP contribution < -0.4 is 0 Å². The molecule has 0 bridgehead atoms. The zero-order chi connectivity index (χ0) is 15.6. The second-order valence-electron chi connectivity index (χ2n) is 5.02. The monoisotopic (exact) mass is 306 g/mol. The van der Waals surface area contributed by atoms with Crippen molar-refractivity contribution in [3.05, 3.63) is 64.7 Å². The van der Waals surface area contributed by atoms with Crippen LogP contribution in [0, 0.1) is 25.5 Å². The van der Waals surface area contributed by atoms with Crippen molar-refractivity contribution >= 4 is 17.5 Å². The summed E-state index contributed by atoms with van der Waals surface area (Å²) in [4.78, 5) is 13.0. The van der Waals surface area contributed by atoms with E-state index < -0.39 is 11.6 Å². The van der Waals surface area contributed by atoms with Gasteiger partial charge in [0.2, 0.25) is 0 Å². The van der Waals surface area contributed by atoms with E-state index in [9.17, 15) is 13.6 Å². The van der Waals surface area contributed by atoms with E-state index in [1.807, 2.05) is 32.0 Å². The maximum Gasteiger partial charge on any atom is 0.176 e. The number of carbonyl (C=O) groups is 1. The minimum absolute atomic E-state index is 0.00840. The number of halogens is 2. The lowest BCUT2D eigenvalue weighted by atomic mass is 10.0. The molecule has 0 fully saturated rings. The second kappa shape index (κ2) is 6.39. The summed E-state index contributed by atoms with van der Waals surface area (Å²) in [5.41, 5.74) is 2.62. The third kappa shape index (κ3) is 3.70. The Morgan fingerprint density at radius 1 is 1.05 bits per heavy atom. The van der Waals surface area contributed by atoms with Crippen LogP contribution in [0.1, 0.15) is 28.4 Å². The van der Waals surface area contributed by atoms with Crippen LogP contribution in [0.25, 0.3) is 0 Å². The number of hydrogen-bond acceptors (Lipinski definition) is 2. The smallest absolute Gasteiger partial charge is 0.176 e. The van der Waals surface area contributed by atoms with Gasteiger partial charge < -0.3 is 0 Å². The van der Waals surface area contributed by atoms with Crippen molar-refractivity contribution in [3.8, 4) is 0 Å². The van der Waals surface area contributed by atoms with Gasteiger partial charge in [0.15, 0.2) is 17.4 Å². The Labute approximate surface area is 127 Å². The second-order valence-corrected chi connectivity index (χ2v) is 6.43. The molecule has 0 heterocycles. The summed E-state index contributed by atoms with van der Waals surface area (Å²) in [7, 11) is 0. The molecule has 0 radical (unpaired) electrons. The largest absolute Gasteiger partial charge is 0.293 e. The fourth-order valence-electron chi connectivity index (χ4n) is 2.03. The van der Waals surface area contributed by atoms with Crippen LogP contribution >= 0.6 is 11.8 Å². The molecule has 110 valence electrons. The molecule has 21 heavy (non-hydrogen) atoms. The Kier molecular flexibility index (Phi) is 4.78. The van der Waals surface area contributed by atoms with Crippen LogP contribution in [0.4, 0.5) is 8.78 Å². The molecule has 1 nitrogen and oxygen atoms in total. The van der Waals surface area contributed by atoms with E-state index in [4.69, 9.17) is 0 Å². The SMILES string of the molecule is Cc1ccc(C)c(C(=O)C(C)Sc2ccc(F)c(F)c2)c1. The van der Waals surface area contributed by atoms with Gasteiger partial charge in [-0.1, -0.05) is 17.7 Å². The van der Waals surface area contributed by atoms with E-state index in [0.717, 1.165) is 23.3 Å². The maximum atomic E-state index is 13.2. The minimum atomic E-state index is -0.897. The normalized spacial score (nSPS) is 12.2. The van der Waals surface area contributed by atoms with Gasteiger partial charge in [0.1, 0.15) is 0 Å². The Hall–Kier alpha value is -1.68. The van der Waals surface area contributed by atoms with E-state index >= 15 is 0 Å². The van der Waals surface area contributed by atoms with E-state index in [2.05, 4.69) is 0 Å².